The highest BCUT2D eigenvalue weighted by molar-refractivity contribution is 7.86. The first kappa shape index (κ1) is 34.6. The molecule has 2 atom stereocenters. The minimum atomic E-state index is -3.66. The molecule has 0 radical (unpaired) electrons. The number of hydrogen-bond acceptors (Lipinski definition) is 4. The van der Waals surface area contributed by atoms with Crippen LogP contribution in [-0.4, -0.2) is 31.5 Å². The van der Waals surface area contributed by atoms with Gasteiger partial charge < -0.3 is 5.11 Å². The maximum atomic E-state index is 11.8. The Morgan fingerprint density at radius 1 is 0.722 bits per heavy atom. The second kappa shape index (κ2) is 17.9. The van der Waals surface area contributed by atoms with Crippen LogP contribution in [0, 0.1) is 0 Å². The highest BCUT2D eigenvalue weighted by Crippen LogP contribution is 2.27. The van der Waals surface area contributed by atoms with E-state index in [4.69, 9.17) is 4.18 Å². The molecule has 0 bridgehead atoms. The quantitative estimate of drug-likeness (QED) is 0.111. The van der Waals surface area contributed by atoms with E-state index < -0.39 is 21.8 Å². The maximum Gasteiger partial charge on any atom is 0.264 e. The number of aliphatic hydroxyl groups is 1. The van der Waals surface area contributed by atoms with E-state index in [1.165, 1.54) is 27.9 Å². The monoisotopic (exact) mass is 522 g/mol. The normalized spacial score (nSPS) is 15.9. The standard InChI is InChI=1S/C31H54O4S/c1-25(2)15-12-19-28(6)21-13-20-27(5)17-10-11-18-29(7)22-23-30(35-36(9,33)34)31(8,32)24-14-16-26(3)4/h15-18,21,30,32H,10-14,19-20,22-24H2,1-9H3/b27-17+,28-21+,29-18+/t30-,31+/m0/s1. The van der Waals surface area contributed by atoms with Gasteiger partial charge in [0.2, 0.25) is 0 Å². The van der Waals surface area contributed by atoms with Crippen molar-refractivity contribution in [3.05, 3.63) is 58.2 Å². The third-order valence-electron chi connectivity index (χ3n) is 6.26. The van der Waals surface area contributed by atoms with E-state index in [9.17, 15) is 13.5 Å². The topological polar surface area (TPSA) is 63.6 Å². The number of unbranched alkanes of at least 4 members (excludes halogenated alkanes) is 1. The minimum Gasteiger partial charge on any atom is -0.387 e. The Kier molecular flexibility index (Phi) is 17.2. The van der Waals surface area contributed by atoms with Gasteiger partial charge in [-0.25, -0.2) is 0 Å². The third kappa shape index (κ3) is 19.7. The number of allylic oxidation sites excluding steroid dienone is 10. The van der Waals surface area contributed by atoms with Crippen LogP contribution in [0.2, 0.25) is 0 Å². The fraction of sp³-hybridized carbons (Fsp3) is 0.677. The summed E-state index contributed by atoms with van der Waals surface area (Å²) in [7, 11) is -3.66. The second-order valence-electron chi connectivity index (χ2n) is 11.1. The molecule has 0 rings (SSSR count). The van der Waals surface area contributed by atoms with Gasteiger partial charge in [0, 0.05) is 0 Å². The van der Waals surface area contributed by atoms with E-state index in [2.05, 4.69) is 65.0 Å². The van der Waals surface area contributed by atoms with Crippen molar-refractivity contribution in [2.75, 3.05) is 6.26 Å². The Morgan fingerprint density at radius 3 is 1.61 bits per heavy atom. The Balaban J connectivity index is 4.69. The lowest BCUT2D eigenvalue weighted by molar-refractivity contribution is -0.0532. The SMILES string of the molecule is CC(C)=CCC/C(C)=C/CC/C(C)=C/CC/C=C(\C)CC[C@H](OS(C)(=O)=O)[C@](C)(O)CCC=C(C)C. The van der Waals surface area contributed by atoms with Crippen molar-refractivity contribution in [3.63, 3.8) is 0 Å². The number of rotatable bonds is 18. The zero-order valence-electron chi connectivity index (χ0n) is 24.6. The van der Waals surface area contributed by atoms with Gasteiger partial charge in [0.15, 0.2) is 0 Å². The Hall–Kier alpha value is -1.43. The highest BCUT2D eigenvalue weighted by atomic mass is 32.2. The van der Waals surface area contributed by atoms with Gasteiger partial charge >= 0.3 is 0 Å². The van der Waals surface area contributed by atoms with Gasteiger partial charge in [-0.2, -0.15) is 8.42 Å². The zero-order valence-corrected chi connectivity index (χ0v) is 25.4. The Bertz CT molecular complexity index is 891. The Labute approximate surface area is 223 Å². The summed E-state index contributed by atoms with van der Waals surface area (Å²) in [6.07, 6.45) is 20.2. The molecule has 0 aromatic rings. The van der Waals surface area contributed by atoms with Gasteiger partial charge in [-0.05, 0) is 120 Å². The number of hydrogen-bond donors (Lipinski definition) is 1. The predicted octanol–water partition coefficient (Wildman–Crippen LogP) is 8.75. The van der Waals surface area contributed by atoms with Gasteiger partial charge in [0.25, 0.3) is 10.1 Å². The molecule has 36 heavy (non-hydrogen) atoms. The van der Waals surface area contributed by atoms with Crippen molar-refractivity contribution in [2.24, 2.45) is 0 Å². The largest absolute Gasteiger partial charge is 0.387 e. The molecular weight excluding hydrogens is 468 g/mol. The summed E-state index contributed by atoms with van der Waals surface area (Å²) in [6.45, 7) is 16.5. The van der Waals surface area contributed by atoms with Crippen molar-refractivity contribution in [2.45, 2.75) is 131 Å². The van der Waals surface area contributed by atoms with Crippen molar-refractivity contribution in [3.8, 4) is 0 Å². The average molecular weight is 523 g/mol. The first-order chi connectivity index (χ1) is 16.6. The molecule has 0 aliphatic carbocycles. The summed E-state index contributed by atoms with van der Waals surface area (Å²) in [5, 5.41) is 11.0. The van der Waals surface area contributed by atoms with E-state index in [0.29, 0.717) is 25.7 Å². The zero-order chi connectivity index (χ0) is 27.8. The Morgan fingerprint density at radius 2 is 1.14 bits per heavy atom. The van der Waals surface area contributed by atoms with Crippen LogP contribution < -0.4 is 0 Å². The predicted molar refractivity (Wildman–Crippen MR) is 157 cm³/mol. The molecule has 0 saturated carbocycles. The van der Waals surface area contributed by atoms with Gasteiger partial charge in [-0.3, -0.25) is 4.18 Å². The lowest BCUT2D eigenvalue weighted by Gasteiger charge is -2.32. The summed E-state index contributed by atoms with van der Waals surface area (Å²) in [5.41, 5.74) is 5.42. The maximum absolute atomic E-state index is 11.8. The second-order valence-corrected chi connectivity index (χ2v) is 12.7. The van der Waals surface area contributed by atoms with Crippen LogP contribution in [0.1, 0.15) is 120 Å². The molecule has 0 heterocycles. The molecule has 0 saturated heterocycles. The van der Waals surface area contributed by atoms with Crippen molar-refractivity contribution < 1.29 is 17.7 Å². The van der Waals surface area contributed by atoms with Crippen LogP contribution in [0.4, 0.5) is 0 Å². The van der Waals surface area contributed by atoms with Crippen LogP contribution >= 0.6 is 0 Å². The van der Waals surface area contributed by atoms with E-state index >= 15 is 0 Å². The van der Waals surface area contributed by atoms with Gasteiger partial charge in [0.1, 0.15) is 6.10 Å². The van der Waals surface area contributed by atoms with Crippen LogP contribution in [0.15, 0.2) is 58.2 Å². The molecule has 0 aliphatic rings. The average Bonchev–Trinajstić information content (AvgIpc) is 2.72. The molecule has 5 heteroatoms. The summed E-state index contributed by atoms with van der Waals surface area (Å²) < 4.78 is 28.9. The molecule has 1 N–H and O–H groups in total. The van der Waals surface area contributed by atoms with Gasteiger partial charge in [0.05, 0.1) is 11.9 Å². The molecular formula is C31H54O4S. The van der Waals surface area contributed by atoms with Crippen LogP contribution in [-0.2, 0) is 14.3 Å². The molecule has 0 amide bonds. The van der Waals surface area contributed by atoms with Crippen LogP contribution in [0.5, 0.6) is 0 Å². The first-order valence-corrected chi connectivity index (χ1v) is 15.3. The van der Waals surface area contributed by atoms with Crippen molar-refractivity contribution in [1.29, 1.82) is 0 Å². The third-order valence-corrected chi connectivity index (χ3v) is 6.85. The highest BCUT2D eigenvalue weighted by Gasteiger charge is 2.34. The summed E-state index contributed by atoms with van der Waals surface area (Å²) in [6, 6.07) is 0. The molecule has 4 nitrogen and oxygen atoms in total. The molecule has 0 aliphatic heterocycles. The molecule has 0 unspecified atom stereocenters. The van der Waals surface area contributed by atoms with E-state index in [1.54, 1.807) is 6.92 Å². The fourth-order valence-corrected chi connectivity index (χ4v) is 4.67. The fourth-order valence-electron chi connectivity index (χ4n) is 3.95. The van der Waals surface area contributed by atoms with E-state index in [-0.39, 0.29) is 0 Å². The lowest BCUT2D eigenvalue weighted by atomic mass is 9.89. The molecule has 0 fully saturated rings. The summed E-state index contributed by atoms with van der Waals surface area (Å²) in [4.78, 5) is 0. The molecule has 208 valence electrons. The molecule has 0 aromatic carbocycles. The lowest BCUT2D eigenvalue weighted by Crippen LogP contribution is -2.42. The smallest absolute Gasteiger partial charge is 0.264 e. The van der Waals surface area contributed by atoms with Crippen LogP contribution in [0.3, 0.4) is 0 Å². The minimum absolute atomic E-state index is 0.454. The van der Waals surface area contributed by atoms with Crippen molar-refractivity contribution >= 4 is 10.1 Å². The molecule has 0 aromatic heterocycles. The van der Waals surface area contributed by atoms with E-state index in [1.807, 2.05) is 13.8 Å². The van der Waals surface area contributed by atoms with Crippen LogP contribution in [0.25, 0.3) is 0 Å². The van der Waals surface area contributed by atoms with Gasteiger partial charge in [-0.1, -0.05) is 58.2 Å². The van der Waals surface area contributed by atoms with Crippen molar-refractivity contribution in [1.82, 2.24) is 0 Å². The molecule has 0 spiro atoms. The summed E-state index contributed by atoms with van der Waals surface area (Å²) >= 11 is 0. The van der Waals surface area contributed by atoms with E-state index in [0.717, 1.165) is 44.8 Å². The van der Waals surface area contributed by atoms with Gasteiger partial charge in [-0.15, -0.1) is 0 Å². The first-order valence-electron chi connectivity index (χ1n) is 13.5. The summed E-state index contributed by atoms with van der Waals surface area (Å²) in [5.74, 6) is 0.